The lowest BCUT2D eigenvalue weighted by Gasteiger charge is -1.99. The van der Waals surface area contributed by atoms with Crippen molar-refractivity contribution in [3.63, 3.8) is 0 Å². The van der Waals surface area contributed by atoms with Gasteiger partial charge in [-0.25, -0.2) is 0 Å². The number of nitrogens with zero attached hydrogens (tertiary/aromatic N) is 3. The smallest absolute Gasteiger partial charge is 0.204 e. The molecule has 0 aliphatic heterocycles. The molecule has 0 aliphatic rings. The molecule has 0 N–H and O–H groups in total. The van der Waals surface area contributed by atoms with Gasteiger partial charge in [-0.2, -0.15) is 0 Å². The normalized spacial score (nSPS) is 10.6. The molecular weight excluding hydrogens is 166 g/mol. The van der Waals surface area contributed by atoms with Crippen LogP contribution in [-0.2, 0) is 0 Å². The Morgan fingerprint density at radius 1 is 1.38 bits per heavy atom. The number of hydrogen-bond acceptors (Lipinski definition) is 3. The summed E-state index contributed by atoms with van der Waals surface area (Å²) >= 11 is 0. The van der Waals surface area contributed by atoms with Crippen LogP contribution in [0.2, 0.25) is 0 Å². The second-order valence-electron chi connectivity index (χ2n) is 2.94. The highest BCUT2D eigenvalue weighted by atomic mass is 16.1. The Labute approximate surface area is 75.2 Å². The number of aromatic nitrogens is 3. The highest BCUT2D eigenvalue weighted by Gasteiger charge is 2.10. The molecular formula is C9H9N3O. The quantitative estimate of drug-likeness (QED) is 0.612. The second kappa shape index (κ2) is 2.65. The number of fused-ring (bicyclic) bond motifs is 1. The molecule has 4 heteroatoms. The zero-order valence-electron chi connectivity index (χ0n) is 7.48. The molecule has 0 aliphatic carbocycles. The first kappa shape index (κ1) is 7.91. The van der Waals surface area contributed by atoms with Crippen molar-refractivity contribution in [1.82, 2.24) is 14.6 Å². The van der Waals surface area contributed by atoms with E-state index in [4.69, 9.17) is 0 Å². The van der Waals surface area contributed by atoms with Crippen molar-refractivity contribution in [1.29, 1.82) is 0 Å². The first-order chi connectivity index (χ1) is 6.20. The summed E-state index contributed by atoms with van der Waals surface area (Å²) in [7, 11) is 0. The lowest BCUT2D eigenvalue weighted by atomic mass is 10.3. The van der Waals surface area contributed by atoms with E-state index < -0.39 is 0 Å². The molecule has 4 nitrogen and oxygen atoms in total. The molecule has 0 saturated heterocycles. The third-order valence-electron chi connectivity index (χ3n) is 1.94. The summed E-state index contributed by atoms with van der Waals surface area (Å²) < 4.78 is 1.75. The number of carbonyl (C=O) groups excluding carboxylic acids is 1. The number of ketones is 1. The molecule has 0 radical (unpaired) electrons. The van der Waals surface area contributed by atoms with Gasteiger partial charge in [0, 0.05) is 12.6 Å². The monoisotopic (exact) mass is 175 g/mol. The van der Waals surface area contributed by atoms with Crippen molar-refractivity contribution in [2.24, 2.45) is 0 Å². The van der Waals surface area contributed by atoms with Gasteiger partial charge in [0.1, 0.15) is 0 Å². The number of carbonyl (C=O) groups is 1. The van der Waals surface area contributed by atoms with Gasteiger partial charge in [0.15, 0.2) is 11.4 Å². The summed E-state index contributed by atoms with van der Waals surface area (Å²) in [4.78, 5) is 11.1. The molecule has 0 bridgehead atoms. The van der Waals surface area contributed by atoms with Crippen molar-refractivity contribution >= 4 is 11.4 Å². The van der Waals surface area contributed by atoms with Crippen molar-refractivity contribution in [2.45, 2.75) is 13.8 Å². The van der Waals surface area contributed by atoms with Gasteiger partial charge in [0.2, 0.25) is 5.82 Å². The van der Waals surface area contributed by atoms with Crippen LogP contribution in [0.5, 0.6) is 0 Å². The molecule has 0 aromatic carbocycles. The van der Waals surface area contributed by atoms with Gasteiger partial charge < -0.3 is 0 Å². The molecule has 0 fully saturated rings. The largest absolute Gasteiger partial charge is 0.291 e. The fourth-order valence-electron chi connectivity index (χ4n) is 1.33. The lowest BCUT2D eigenvalue weighted by molar-refractivity contribution is 0.100. The summed E-state index contributed by atoms with van der Waals surface area (Å²) in [5.41, 5.74) is 1.68. The highest BCUT2D eigenvalue weighted by molar-refractivity contribution is 5.91. The van der Waals surface area contributed by atoms with Crippen LogP contribution in [0.1, 0.15) is 23.2 Å². The molecule has 0 atom stereocenters. The van der Waals surface area contributed by atoms with Gasteiger partial charge in [-0.1, -0.05) is 6.07 Å². The Morgan fingerprint density at radius 2 is 2.15 bits per heavy atom. The van der Waals surface area contributed by atoms with Crippen LogP contribution >= 0.6 is 0 Å². The van der Waals surface area contributed by atoms with Crippen LogP contribution in [0.25, 0.3) is 5.65 Å². The Morgan fingerprint density at radius 3 is 2.85 bits per heavy atom. The van der Waals surface area contributed by atoms with E-state index in [0.29, 0.717) is 11.5 Å². The third-order valence-corrected chi connectivity index (χ3v) is 1.94. The first-order valence-electron chi connectivity index (χ1n) is 4.02. The molecule has 66 valence electrons. The SMILES string of the molecule is CC(=O)c1nnc2cccc(C)n12. The van der Waals surface area contributed by atoms with E-state index in [0.717, 1.165) is 5.69 Å². The maximum atomic E-state index is 11.1. The topological polar surface area (TPSA) is 47.3 Å². The van der Waals surface area contributed by atoms with Gasteiger partial charge in [0.05, 0.1) is 0 Å². The minimum Gasteiger partial charge on any atom is -0.291 e. The van der Waals surface area contributed by atoms with Crippen LogP contribution in [0, 0.1) is 6.92 Å². The van der Waals surface area contributed by atoms with Crippen molar-refractivity contribution < 1.29 is 4.79 Å². The lowest BCUT2D eigenvalue weighted by Crippen LogP contribution is -2.02. The zero-order chi connectivity index (χ0) is 9.42. The van der Waals surface area contributed by atoms with E-state index in [-0.39, 0.29) is 5.78 Å². The average Bonchev–Trinajstić information content (AvgIpc) is 2.49. The van der Waals surface area contributed by atoms with Gasteiger partial charge in [-0.3, -0.25) is 9.20 Å². The fraction of sp³-hybridized carbons (Fsp3) is 0.222. The summed E-state index contributed by atoms with van der Waals surface area (Å²) in [5.74, 6) is 0.329. The first-order valence-corrected chi connectivity index (χ1v) is 4.02. The van der Waals surface area contributed by atoms with E-state index in [1.807, 2.05) is 25.1 Å². The van der Waals surface area contributed by atoms with Gasteiger partial charge in [-0.15, -0.1) is 10.2 Å². The van der Waals surface area contributed by atoms with E-state index in [2.05, 4.69) is 10.2 Å². The van der Waals surface area contributed by atoms with Gasteiger partial charge in [-0.05, 0) is 19.1 Å². The van der Waals surface area contributed by atoms with Gasteiger partial charge in [0.25, 0.3) is 0 Å². The van der Waals surface area contributed by atoms with E-state index in [1.54, 1.807) is 4.40 Å². The molecule has 2 rings (SSSR count). The predicted molar refractivity (Wildman–Crippen MR) is 47.7 cm³/mol. The number of rotatable bonds is 1. The minimum atomic E-state index is -0.0678. The van der Waals surface area contributed by atoms with Crippen LogP contribution in [-0.4, -0.2) is 20.4 Å². The van der Waals surface area contributed by atoms with Gasteiger partial charge >= 0.3 is 0 Å². The molecule has 0 amide bonds. The van der Waals surface area contributed by atoms with Crippen LogP contribution in [0.3, 0.4) is 0 Å². The second-order valence-corrected chi connectivity index (χ2v) is 2.94. The molecule has 0 spiro atoms. The maximum absolute atomic E-state index is 11.1. The number of pyridine rings is 1. The highest BCUT2D eigenvalue weighted by Crippen LogP contribution is 2.07. The molecule has 13 heavy (non-hydrogen) atoms. The molecule has 2 heterocycles. The molecule has 2 aromatic rings. The van der Waals surface area contributed by atoms with Crippen LogP contribution in [0.15, 0.2) is 18.2 Å². The summed E-state index contributed by atoms with van der Waals surface area (Å²) in [6, 6.07) is 5.64. The predicted octanol–water partition coefficient (Wildman–Crippen LogP) is 1.24. The average molecular weight is 175 g/mol. The van der Waals surface area contributed by atoms with Crippen molar-refractivity contribution in [2.75, 3.05) is 0 Å². The van der Waals surface area contributed by atoms with Crippen LogP contribution in [0.4, 0.5) is 0 Å². The number of hydrogen-bond donors (Lipinski definition) is 0. The fourth-order valence-corrected chi connectivity index (χ4v) is 1.33. The van der Waals surface area contributed by atoms with Crippen molar-refractivity contribution in [3.05, 3.63) is 29.7 Å². The minimum absolute atomic E-state index is 0.0678. The summed E-state index contributed by atoms with van der Waals surface area (Å²) in [6.07, 6.45) is 0. The molecule has 0 saturated carbocycles. The summed E-state index contributed by atoms with van der Waals surface area (Å²) in [6.45, 7) is 3.41. The Balaban J connectivity index is 2.86. The third kappa shape index (κ3) is 1.11. The Hall–Kier alpha value is -1.71. The van der Waals surface area contributed by atoms with Crippen LogP contribution < -0.4 is 0 Å². The summed E-state index contributed by atoms with van der Waals surface area (Å²) in [5, 5.41) is 7.71. The number of Topliss-reactive ketones (excluding diaryl/α,β-unsaturated/α-hetero) is 1. The van der Waals surface area contributed by atoms with E-state index >= 15 is 0 Å². The zero-order valence-corrected chi connectivity index (χ0v) is 7.48. The number of aryl methyl sites for hydroxylation is 1. The Kier molecular flexibility index (Phi) is 1.62. The van der Waals surface area contributed by atoms with Crippen molar-refractivity contribution in [3.8, 4) is 0 Å². The standard InChI is InChI=1S/C9H9N3O/c1-6-4-3-5-8-10-11-9(7(2)13)12(6)8/h3-5H,1-2H3. The maximum Gasteiger partial charge on any atom is 0.204 e. The Bertz CT molecular complexity index is 473. The molecule has 0 unspecified atom stereocenters. The van der Waals surface area contributed by atoms with E-state index in [9.17, 15) is 4.79 Å². The molecule has 2 aromatic heterocycles. The van der Waals surface area contributed by atoms with E-state index in [1.165, 1.54) is 6.92 Å².